The maximum absolute atomic E-state index is 14.6. The summed E-state index contributed by atoms with van der Waals surface area (Å²) in [7, 11) is -1.52. The number of rotatable bonds is 12. The van der Waals surface area contributed by atoms with Gasteiger partial charge in [0.2, 0.25) is 5.95 Å². The van der Waals surface area contributed by atoms with Crippen LogP contribution in [0, 0.1) is 5.95 Å². The molecule has 0 unspecified atom stereocenters. The van der Waals surface area contributed by atoms with Crippen molar-refractivity contribution in [3.8, 4) is 0 Å². The summed E-state index contributed by atoms with van der Waals surface area (Å²) in [5, 5.41) is 0.886. The van der Waals surface area contributed by atoms with Crippen LogP contribution in [-0.2, 0) is 23.1 Å². The molecule has 1 saturated carbocycles. The Labute approximate surface area is 243 Å². The predicted molar refractivity (Wildman–Crippen MR) is 163 cm³/mol. The number of fused-ring (bicyclic) bond motifs is 1. The quantitative estimate of drug-likeness (QED) is 0.105. The third-order valence-electron chi connectivity index (χ3n) is 8.37. The van der Waals surface area contributed by atoms with Gasteiger partial charge in [-0.15, -0.1) is 0 Å². The molecule has 8 heteroatoms. The highest BCUT2D eigenvalue weighted by Gasteiger charge is 2.22. The molecule has 1 fully saturated rings. The zero-order chi connectivity index (χ0) is 28.7. The van der Waals surface area contributed by atoms with Crippen LogP contribution in [0.15, 0.2) is 84.0 Å². The van der Waals surface area contributed by atoms with E-state index < -0.39 is 16.0 Å². The number of nitrogens with zero attached hydrogens (tertiary/aromatic N) is 4. The molecule has 0 aliphatic heterocycles. The van der Waals surface area contributed by atoms with E-state index in [-0.39, 0.29) is 4.90 Å². The average Bonchev–Trinajstić information content (AvgIpc) is 3.15. The second-order valence-corrected chi connectivity index (χ2v) is 13.1. The molecule has 41 heavy (non-hydrogen) atoms. The molecule has 0 N–H and O–H groups in total. The summed E-state index contributed by atoms with van der Waals surface area (Å²) in [5.74, 6) is -0.459. The highest BCUT2D eigenvalue weighted by molar-refractivity contribution is 7.90. The number of benzene rings is 2. The van der Waals surface area contributed by atoms with Gasteiger partial charge in [0.05, 0.1) is 10.4 Å². The fraction of sp³-hybridized carbons (Fsp3) is 0.424. The lowest BCUT2D eigenvalue weighted by molar-refractivity contribution is 0.204. The average molecular weight is 577 g/mol. The van der Waals surface area contributed by atoms with E-state index in [9.17, 15) is 12.8 Å². The number of hydrogen-bond acceptors (Lipinski definition) is 5. The first-order chi connectivity index (χ1) is 19.9. The van der Waals surface area contributed by atoms with Gasteiger partial charge in [-0.05, 0) is 75.6 Å². The molecule has 1 aliphatic rings. The Bertz CT molecular complexity index is 1510. The minimum Gasteiger partial charge on any atom is -0.303 e. The molecule has 5 rings (SSSR count). The number of unbranched alkanes of at least 4 members (excludes halogenated alkanes) is 1. The van der Waals surface area contributed by atoms with Gasteiger partial charge < -0.3 is 4.90 Å². The van der Waals surface area contributed by atoms with Crippen molar-refractivity contribution in [2.24, 2.45) is 0 Å². The largest absolute Gasteiger partial charge is 0.303 e. The summed E-state index contributed by atoms with van der Waals surface area (Å²) < 4.78 is 43.2. The van der Waals surface area contributed by atoms with Gasteiger partial charge in [0.15, 0.2) is 0 Å². The molecular formula is C33H41FN4O2S. The molecule has 0 bridgehead atoms. The number of halogens is 1. The van der Waals surface area contributed by atoms with Crippen molar-refractivity contribution in [2.45, 2.75) is 75.4 Å². The van der Waals surface area contributed by atoms with Crippen LogP contribution in [0.25, 0.3) is 10.9 Å². The molecule has 0 atom stereocenters. The Balaban J connectivity index is 1.35. The van der Waals surface area contributed by atoms with Gasteiger partial charge in [-0.1, -0.05) is 68.1 Å². The number of pyridine rings is 1. The maximum atomic E-state index is 14.6. The van der Waals surface area contributed by atoms with Crippen LogP contribution < -0.4 is 0 Å². The highest BCUT2D eigenvalue weighted by atomic mass is 32.2. The van der Waals surface area contributed by atoms with Crippen molar-refractivity contribution >= 4 is 20.9 Å². The molecule has 6 nitrogen and oxygen atoms in total. The first kappa shape index (κ1) is 29.4. The van der Waals surface area contributed by atoms with Gasteiger partial charge >= 0.3 is 0 Å². The molecule has 0 spiro atoms. The van der Waals surface area contributed by atoms with Crippen LogP contribution in [0.3, 0.4) is 0 Å². The van der Waals surface area contributed by atoms with E-state index in [2.05, 4.69) is 21.8 Å². The van der Waals surface area contributed by atoms with Crippen LogP contribution in [0.4, 0.5) is 4.39 Å². The zero-order valence-electron chi connectivity index (χ0n) is 24.0. The predicted octanol–water partition coefficient (Wildman–Crippen LogP) is 6.85. The second kappa shape index (κ2) is 13.7. The fourth-order valence-corrected chi connectivity index (χ4v) is 7.47. The molecule has 0 saturated heterocycles. The van der Waals surface area contributed by atoms with E-state index in [0.717, 1.165) is 36.9 Å². The normalized spacial score (nSPS) is 15.1. The van der Waals surface area contributed by atoms with E-state index >= 15 is 0 Å². The second-order valence-electron chi connectivity index (χ2n) is 11.3. The van der Waals surface area contributed by atoms with Crippen LogP contribution in [-0.4, -0.2) is 53.4 Å². The van der Waals surface area contributed by atoms with Crippen LogP contribution in [0.1, 0.15) is 62.5 Å². The first-order valence-electron chi connectivity index (χ1n) is 14.8. The van der Waals surface area contributed by atoms with Gasteiger partial charge in [-0.3, -0.25) is 4.90 Å². The van der Waals surface area contributed by atoms with Crippen molar-refractivity contribution in [1.82, 2.24) is 18.8 Å². The Kier molecular flexibility index (Phi) is 9.85. The summed E-state index contributed by atoms with van der Waals surface area (Å²) in [4.78, 5) is 8.85. The number of aromatic nitrogens is 2. The molecule has 2 aromatic carbocycles. The Morgan fingerprint density at radius 1 is 0.854 bits per heavy atom. The lowest BCUT2D eigenvalue weighted by atomic mass is 10.1. The molecule has 4 aromatic rings. The standard InChI is InChI=1S/C33H41FN4O2S/c1-36(29-15-5-2-3-6-16-29)22-11-12-23-37(24-27-14-13-21-35-33(27)34)25-28-26-38(32-20-10-9-19-31(28)32)41(39,40)30-17-7-4-8-18-30/h4,7-10,13-14,17-21,26,29H,2-3,5-6,11-12,15-16,22-25H2,1H3. The van der Waals surface area contributed by atoms with Crippen molar-refractivity contribution < 1.29 is 12.8 Å². The molecule has 2 aromatic heterocycles. The first-order valence-corrected chi connectivity index (χ1v) is 16.3. The van der Waals surface area contributed by atoms with Crippen LogP contribution >= 0.6 is 0 Å². The van der Waals surface area contributed by atoms with Gasteiger partial charge in [-0.25, -0.2) is 17.4 Å². The van der Waals surface area contributed by atoms with Crippen molar-refractivity contribution in [3.63, 3.8) is 0 Å². The maximum Gasteiger partial charge on any atom is 0.268 e. The minimum atomic E-state index is -3.77. The van der Waals surface area contributed by atoms with Crippen molar-refractivity contribution in [2.75, 3.05) is 20.1 Å². The molecule has 2 heterocycles. The van der Waals surface area contributed by atoms with Crippen molar-refractivity contribution in [3.05, 3.63) is 96.2 Å². The van der Waals surface area contributed by atoms with E-state index in [4.69, 9.17) is 0 Å². The summed E-state index contributed by atoms with van der Waals surface area (Å²) >= 11 is 0. The summed E-state index contributed by atoms with van der Waals surface area (Å²) in [6.07, 6.45) is 13.2. The molecular weight excluding hydrogens is 535 g/mol. The van der Waals surface area contributed by atoms with Gasteiger partial charge in [0.25, 0.3) is 10.0 Å². The third kappa shape index (κ3) is 7.23. The molecule has 0 amide bonds. The zero-order valence-corrected chi connectivity index (χ0v) is 24.8. The molecule has 218 valence electrons. The SMILES string of the molecule is CN(CCCCN(Cc1cccnc1F)Cc1cn(S(=O)(=O)c2ccccc2)c2ccccc12)C1CCCCCC1. The summed E-state index contributed by atoms with van der Waals surface area (Å²) in [5.41, 5.74) is 2.09. The van der Waals surface area contributed by atoms with Gasteiger partial charge in [-0.2, -0.15) is 4.39 Å². The van der Waals surface area contributed by atoms with Gasteiger partial charge in [0, 0.05) is 42.5 Å². The lowest BCUT2D eigenvalue weighted by Gasteiger charge is -2.28. The monoisotopic (exact) mass is 576 g/mol. The Hall–Kier alpha value is -3.07. The lowest BCUT2D eigenvalue weighted by Crippen LogP contribution is -2.32. The highest BCUT2D eigenvalue weighted by Crippen LogP contribution is 2.28. The van der Waals surface area contributed by atoms with Gasteiger partial charge in [0.1, 0.15) is 0 Å². The summed E-state index contributed by atoms with van der Waals surface area (Å²) in [6, 6.07) is 20.3. The number of hydrogen-bond donors (Lipinski definition) is 0. The van der Waals surface area contributed by atoms with E-state index in [1.54, 1.807) is 42.6 Å². The fourth-order valence-electron chi connectivity index (χ4n) is 6.06. The van der Waals surface area contributed by atoms with E-state index in [0.29, 0.717) is 30.2 Å². The van der Waals surface area contributed by atoms with Crippen LogP contribution in [0.5, 0.6) is 0 Å². The third-order valence-corrected chi connectivity index (χ3v) is 10.1. The minimum absolute atomic E-state index is 0.249. The van der Waals surface area contributed by atoms with Crippen LogP contribution in [0.2, 0.25) is 0 Å². The van der Waals surface area contributed by atoms with E-state index in [1.165, 1.54) is 48.7 Å². The Morgan fingerprint density at radius 3 is 2.29 bits per heavy atom. The Morgan fingerprint density at radius 2 is 1.54 bits per heavy atom. The summed E-state index contributed by atoms with van der Waals surface area (Å²) in [6.45, 7) is 2.74. The molecule has 0 radical (unpaired) electrons. The number of para-hydroxylation sites is 1. The smallest absolute Gasteiger partial charge is 0.268 e. The van der Waals surface area contributed by atoms with E-state index in [1.807, 2.05) is 30.3 Å². The molecule has 1 aliphatic carbocycles. The topological polar surface area (TPSA) is 58.4 Å². The van der Waals surface area contributed by atoms with Crippen molar-refractivity contribution in [1.29, 1.82) is 0 Å².